The minimum Gasteiger partial charge on any atom is -0.481 e. The van der Waals surface area contributed by atoms with Gasteiger partial charge in [-0.25, -0.2) is 8.42 Å². The molecule has 0 amide bonds. The first-order chi connectivity index (χ1) is 10.8. The fourth-order valence-corrected chi connectivity index (χ4v) is 5.16. The fraction of sp³-hybridized carbons (Fsp3) is 0.278. The molecular formula is C18H18O4S. The van der Waals surface area contributed by atoms with Crippen LogP contribution in [0.1, 0.15) is 22.6 Å². The second-order valence-electron chi connectivity index (χ2n) is 6.12. The number of aliphatic carboxylic acids is 1. The van der Waals surface area contributed by atoms with E-state index in [4.69, 9.17) is 0 Å². The van der Waals surface area contributed by atoms with Crippen LogP contribution < -0.4 is 0 Å². The van der Waals surface area contributed by atoms with Gasteiger partial charge < -0.3 is 5.11 Å². The summed E-state index contributed by atoms with van der Waals surface area (Å²) in [7, 11) is -3.67. The van der Waals surface area contributed by atoms with Crippen LogP contribution in [0.5, 0.6) is 0 Å². The van der Waals surface area contributed by atoms with Crippen molar-refractivity contribution in [1.82, 2.24) is 0 Å². The number of sulfone groups is 1. The Kier molecular flexibility index (Phi) is 3.76. The summed E-state index contributed by atoms with van der Waals surface area (Å²) in [4.78, 5) is 11.7. The van der Waals surface area contributed by atoms with E-state index in [2.05, 4.69) is 0 Å². The van der Waals surface area contributed by atoms with Crippen molar-refractivity contribution in [2.75, 3.05) is 0 Å². The molecule has 2 aromatic rings. The molecule has 1 saturated carbocycles. The highest BCUT2D eigenvalue weighted by Crippen LogP contribution is 2.54. The molecule has 0 radical (unpaired) electrons. The number of carbonyl (C=O) groups is 1. The van der Waals surface area contributed by atoms with Crippen molar-refractivity contribution in [1.29, 1.82) is 0 Å². The molecule has 1 aliphatic carbocycles. The summed E-state index contributed by atoms with van der Waals surface area (Å²) in [5.41, 5.74) is 2.78. The van der Waals surface area contributed by atoms with Crippen LogP contribution in [0.25, 0.3) is 0 Å². The predicted molar refractivity (Wildman–Crippen MR) is 87.2 cm³/mol. The quantitative estimate of drug-likeness (QED) is 0.935. The summed E-state index contributed by atoms with van der Waals surface area (Å²) >= 11 is 0. The number of carboxylic acids is 1. The largest absolute Gasteiger partial charge is 0.481 e. The van der Waals surface area contributed by atoms with Crippen LogP contribution in [0, 0.1) is 19.8 Å². The second kappa shape index (κ2) is 5.49. The molecule has 0 aromatic heterocycles. The summed E-state index contributed by atoms with van der Waals surface area (Å²) in [5.74, 6) is -2.43. The first kappa shape index (κ1) is 15.7. The van der Waals surface area contributed by atoms with Gasteiger partial charge in [0.1, 0.15) is 0 Å². The maximum Gasteiger partial charge on any atom is 0.308 e. The fourth-order valence-electron chi connectivity index (χ4n) is 3.03. The molecule has 5 heteroatoms. The molecule has 23 heavy (non-hydrogen) atoms. The highest BCUT2D eigenvalue weighted by Gasteiger charge is 2.63. The van der Waals surface area contributed by atoms with Crippen LogP contribution >= 0.6 is 0 Å². The zero-order valence-electron chi connectivity index (χ0n) is 12.9. The standard InChI is InChI=1S/C18H18O4S/c1-11-3-7-13(8-4-11)15-16(18(19)20)17(15)23(21,22)14-9-5-12(2)6-10-14/h3-10,15-17H,1-2H3,(H,19,20). The second-order valence-corrected chi connectivity index (χ2v) is 8.23. The highest BCUT2D eigenvalue weighted by atomic mass is 32.2. The lowest BCUT2D eigenvalue weighted by Gasteiger charge is -2.05. The smallest absolute Gasteiger partial charge is 0.308 e. The summed E-state index contributed by atoms with van der Waals surface area (Å²) in [6.45, 7) is 3.81. The van der Waals surface area contributed by atoms with Gasteiger partial charge in [-0.1, -0.05) is 47.5 Å². The molecule has 1 N–H and O–H groups in total. The molecule has 0 bridgehead atoms. The lowest BCUT2D eigenvalue weighted by atomic mass is 10.1. The van der Waals surface area contributed by atoms with Gasteiger partial charge in [0.15, 0.2) is 9.84 Å². The Labute approximate surface area is 135 Å². The molecule has 120 valence electrons. The van der Waals surface area contributed by atoms with E-state index in [1.54, 1.807) is 24.3 Å². The van der Waals surface area contributed by atoms with E-state index < -0.39 is 32.9 Å². The van der Waals surface area contributed by atoms with E-state index in [9.17, 15) is 18.3 Å². The SMILES string of the molecule is Cc1ccc(C2C(C(=O)O)C2S(=O)(=O)c2ccc(C)cc2)cc1. The Hall–Kier alpha value is -2.14. The van der Waals surface area contributed by atoms with Crippen molar-refractivity contribution < 1.29 is 18.3 Å². The third kappa shape index (κ3) is 2.77. The molecule has 0 aliphatic heterocycles. The van der Waals surface area contributed by atoms with Crippen molar-refractivity contribution in [3.63, 3.8) is 0 Å². The number of aryl methyl sites for hydroxylation is 2. The Bertz CT molecular complexity index is 836. The molecule has 1 fully saturated rings. The Balaban J connectivity index is 1.98. The van der Waals surface area contributed by atoms with Crippen LogP contribution in [0.2, 0.25) is 0 Å². The van der Waals surface area contributed by atoms with Crippen molar-refractivity contribution in [2.45, 2.75) is 29.9 Å². The minimum atomic E-state index is -3.67. The zero-order chi connectivity index (χ0) is 16.8. The molecule has 3 unspecified atom stereocenters. The molecule has 1 aliphatic rings. The van der Waals surface area contributed by atoms with Gasteiger partial charge in [-0.3, -0.25) is 4.79 Å². The van der Waals surface area contributed by atoms with Gasteiger partial charge in [0.25, 0.3) is 0 Å². The monoisotopic (exact) mass is 330 g/mol. The lowest BCUT2D eigenvalue weighted by molar-refractivity contribution is -0.138. The topological polar surface area (TPSA) is 71.4 Å². The van der Waals surface area contributed by atoms with E-state index in [0.717, 1.165) is 16.7 Å². The first-order valence-electron chi connectivity index (χ1n) is 7.42. The van der Waals surface area contributed by atoms with Crippen molar-refractivity contribution in [3.05, 3.63) is 65.2 Å². The van der Waals surface area contributed by atoms with Gasteiger partial charge in [-0.2, -0.15) is 0 Å². The van der Waals surface area contributed by atoms with Crippen LogP contribution in [0.3, 0.4) is 0 Å². The number of hydrogen-bond acceptors (Lipinski definition) is 3. The maximum absolute atomic E-state index is 12.8. The van der Waals surface area contributed by atoms with Crippen LogP contribution in [-0.4, -0.2) is 24.7 Å². The van der Waals surface area contributed by atoms with E-state index in [1.807, 2.05) is 38.1 Å². The highest BCUT2D eigenvalue weighted by molar-refractivity contribution is 7.92. The van der Waals surface area contributed by atoms with E-state index >= 15 is 0 Å². The van der Waals surface area contributed by atoms with Crippen LogP contribution in [-0.2, 0) is 14.6 Å². The lowest BCUT2D eigenvalue weighted by Crippen LogP contribution is -2.13. The summed E-state index contributed by atoms with van der Waals surface area (Å²) in [6, 6.07) is 13.9. The third-order valence-corrected chi connectivity index (χ3v) is 6.64. The first-order valence-corrected chi connectivity index (χ1v) is 8.97. The zero-order valence-corrected chi connectivity index (χ0v) is 13.7. The van der Waals surface area contributed by atoms with E-state index in [-0.39, 0.29) is 4.90 Å². The number of hydrogen-bond donors (Lipinski definition) is 1. The van der Waals surface area contributed by atoms with Gasteiger partial charge >= 0.3 is 5.97 Å². The van der Waals surface area contributed by atoms with Gasteiger partial charge in [-0.15, -0.1) is 0 Å². The van der Waals surface area contributed by atoms with E-state index in [1.165, 1.54) is 0 Å². The maximum atomic E-state index is 12.8. The van der Waals surface area contributed by atoms with Crippen LogP contribution in [0.4, 0.5) is 0 Å². The number of rotatable bonds is 4. The Morgan fingerprint density at radius 1 is 0.913 bits per heavy atom. The van der Waals surface area contributed by atoms with Gasteiger partial charge in [-0.05, 0) is 31.5 Å². The molecule has 3 rings (SSSR count). The summed E-state index contributed by atoms with van der Waals surface area (Å²) < 4.78 is 25.6. The van der Waals surface area contributed by atoms with Gasteiger partial charge in [0, 0.05) is 5.92 Å². The normalized spacial score (nSPS) is 23.5. The average molecular weight is 330 g/mol. The molecule has 0 spiro atoms. The van der Waals surface area contributed by atoms with Gasteiger partial charge in [0.05, 0.1) is 16.1 Å². The minimum absolute atomic E-state index is 0.189. The molecule has 3 atom stereocenters. The third-order valence-electron chi connectivity index (χ3n) is 4.41. The number of benzene rings is 2. The average Bonchev–Trinajstić information content (AvgIpc) is 3.25. The van der Waals surface area contributed by atoms with Crippen molar-refractivity contribution >= 4 is 15.8 Å². The van der Waals surface area contributed by atoms with Crippen LogP contribution in [0.15, 0.2) is 53.4 Å². The van der Waals surface area contributed by atoms with Crippen molar-refractivity contribution in [2.24, 2.45) is 5.92 Å². The molecular weight excluding hydrogens is 312 g/mol. The van der Waals surface area contributed by atoms with Crippen molar-refractivity contribution in [3.8, 4) is 0 Å². The molecule has 0 saturated heterocycles. The summed E-state index contributed by atoms with van der Waals surface area (Å²) in [5, 5.41) is 8.50. The summed E-state index contributed by atoms with van der Waals surface area (Å²) in [6.07, 6.45) is 0. The van der Waals surface area contributed by atoms with E-state index in [0.29, 0.717) is 0 Å². The number of carboxylic acid groups (broad SMARTS) is 1. The molecule has 0 heterocycles. The molecule has 4 nitrogen and oxygen atoms in total. The molecule has 2 aromatic carbocycles. The Morgan fingerprint density at radius 2 is 1.39 bits per heavy atom. The Morgan fingerprint density at radius 3 is 1.87 bits per heavy atom. The predicted octanol–water partition coefficient (Wildman–Crippen LogP) is 2.94. The van der Waals surface area contributed by atoms with Gasteiger partial charge in [0.2, 0.25) is 0 Å².